The minimum Gasteiger partial charge on any atom is -0.290 e. The van der Waals surface area contributed by atoms with E-state index in [1.165, 1.54) is 14.2 Å². The summed E-state index contributed by atoms with van der Waals surface area (Å²) in [5.74, 6) is 0. The predicted octanol–water partition coefficient (Wildman–Crippen LogP) is 2.59. The second-order valence-corrected chi connectivity index (χ2v) is 4.82. The summed E-state index contributed by atoms with van der Waals surface area (Å²) in [6.45, 7) is 5.60. The summed E-state index contributed by atoms with van der Waals surface area (Å²) in [6, 6.07) is 0. The van der Waals surface area contributed by atoms with Crippen LogP contribution in [0, 0.1) is 0 Å². The van der Waals surface area contributed by atoms with Crippen molar-refractivity contribution < 1.29 is 18.1 Å². The van der Waals surface area contributed by atoms with Crippen molar-refractivity contribution in [1.82, 2.24) is 0 Å². The van der Waals surface area contributed by atoms with Crippen molar-refractivity contribution in [3.63, 3.8) is 0 Å². The Balaban J connectivity index is 4.31. The van der Waals surface area contributed by atoms with Crippen LogP contribution in [0.5, 0.6) is 0 Å². The largest absolute Gasteiger partial charge is 0.474 e. The zero-order valence-corrected chi connectivity index (χ0v) is 9.18. The van der Waals surface area contributed by atoms with Gasteiger partial charge in [0.2, 0.25) is 0 Å². The van der Waals surface area contributed by atoms with E-state index in [0.29, 0.717) is 0 Å². The van der Waals surface area contributed by atoms with Crippen molar-refractivity contribution in [3.8, 4) is 0 Å². The molecule has 4 nitrogen and oxygen atoms in total. The van der Waals surface area contributed by atoms with E-state index in [1.54, 1.807) is 0 Å². The average molecular weight is 196 g/mol. The van der Waals surface area contributed by atoms with Crippen LogP contribution >= 0.6 is 7.82 Å². The van der Waals surface area contributed by atoms with E-state index in [9.17, 15) is 4.57 Å². The molecule has 0 radical (unpaired) electrons. The molecule has 0 amide bonds. The van der Waals surface area contributed by atoms with Gasteiger partial charge in [-0.15, -0.1) is 0 Å². The third-order valence-electron chi connectivity index (χ3n) is 1.66. The van der Waals surface area contributed by atoms with E-state index in [1.807, 2.05) is 20.8 Å². The van der Waals surface area contributed by atoms with Crippen LogP contribution in [0.1, 0.15) is 27.2 Å². The van der Waals surface area contributed by atoms with Crippen LogP contribution in [-0.4, -0.2) is 19.8 Å². The molecule has 0 heterocycles. The molecule has 0 aromatic heterocycles. The molecule has 0 bridgehead atoms. The molecule has 0 rings (SSSR count). The standard InChI is InChI=1S/C7H17O4P/c1-6-7(2,3)11-12(8,9-4)10-5/h6H2,1-5H3. The molecule has 0 aromatic carbocycles. The Morgan fingerprint density at radius 3 is 1.92 bits per heavy atom. The Morgan fingerprint density at radius 1 is 1.25 bits per heavy atom. The minimum atomic E-state index is -3.32. The molecule has 0 N–H and O–H groups in total. The lowest BCUT2D eigenvalue weighted by Crippen LogP contribution is -2.22. The van der Waals surface area contributed by atoms with E-state index >= 15 is 0 Å². The number of hydrogen-bond acceptors (Lipinski definition) is 4. The second kappa shape index (κ2) is 4.38. The first-order valence-corrected chi connectivity index (χ1v) is 5.27. The molecule has 0 aromatic rings. The Bertz CT molecular complexity index is 170. The average Bonchev–Trinajstić information content (AvgIpc) is 2.04. The van der Waals surface area contributed by atoms with Gasteiger partial charge in [-0.1, -0.05) is 6.92 Å². The Kier molecular flexibility index (Phi) is 4.42. The molecule has 12 heavy (non-hydrogen) atoms. The lowest BCUT2D eigenvalue weighted by atomic mass is 10.1. The van der Waals surface area contributed by atoms with Gasteiger partial charge in [-0.3, -0.25) is 13.6 Å². The van der Waals surface area contributed by atoms with Gasteiger partial charge in [-0.2, -0.15) is 0 Å². The lowest BCUT2D eigenvalue weighted by molar-refractivity contribution is 0.0457. The Labute approximate surface area is 73.8 Å². The third-order valence-corrected chi connectivity index (χ3v) is 3.27. The predicted molar refractivity (Wildman–Crippen MR) is 47.1 cm³/mol. The monoisotopic (exact) mass is 196 g/mol. The maximum absolute atomic E-state index is 11.5. The maximum Gasteiger partial charge on any atom is 0.474 e. The molecule has 0 unspecified atom stereocenters. The highest BCUT2D eigenvalue weighted by atomic mass is 31.2. The SMILES string of the molecule is CCC(C)(C)OP(=O)(OC)OC. The summed E-state index contributed by atoms with van der Waals surface area (Å²) < 4.78 is 25.9. The Hall–Kier alpha value is 0.110. The number of hydrogen-bond donors (Lipinski definition) is 0. The molecule has 0 atom stereocenters. The van der Waals surface area contributed by atoms with Crippen molar-refractivity contribution >= 4 is 7.82 Å². The van der Waals surface area contributed by atoms with E-state index in [4.69, 9.17) is 4.52 Å². The zero-order chi connectivity index (χ0) is 9.83. The molecule has 0 aliphatic rings. The van der Waals surface area contributed by atoms with Crippen molar-refractivity contribution in [3.05, 3.63) is 0 Å². The fraction of sp³-hybridized carbons (Fsp3) is 1.00. The van der Waals surface area contributed by atoms with E-state index in [2.05, 4.69) is 9.05 Å². The summed E-state index contributed by atoms with van der Waals surface area (Å²) in [7, 11) is -0.716. The van der Waals surface area contributed by atoms with Gasteiger partial charge >= 0.3 is 7.82 Å². The van der Waals surface area contributed by atoms with Gasteiger partial charge in [0.25, 0.3) is 0 Å². The van der Waals surface area contributed by atoms with Crippen LogP contribution in [0.4, 0.5) is 0 Å². The smallest absolute Gasteiger partial charge is 0.290 e. The maximum atomic E-state index is 11.5. The summed E-state index contributed by atoms with van der Waals surface area (Å²) in [5, 5.41) is 0. The number of phosphoric ester groups is 1. The lowest BCUT2D eigenvalue weighted by Gasteiger charge is -2.26. The highest BCUT2D eigenvalue weighted by molar-refractivity contribution is 7.48. The third kappa shape index (κ3) is 3.68. The van der Waals surface area contributed by atoms with Crippen LogP contribution < -0.4 is 0 Å². The first kappa shape index (κ1) is 12.1. The fourth-order valence-electron chi connectivity index (χ4n) is 0.516. The molecule has 0 fully saturated rings. The van der Waals surface area contributed by atoms with Gasteiger partial charge in [0.15, 0.2) is 0 Å². The molecule has 74 valence electrons. The van der Waals surface area contributed by atoms with Gasteiger partial charge in [0, 0.05) is 14.2 Å². The minimum absolute atomic E-state index is 0.485. The quantitative estimate of drug-likeness (QED) is 0.634. The first-order valence-electron chi connectivity index (χ1n) is 3.81. The molecule has 0 spiro atoms. The van der Waals surface area contributed by atoms with E-state index in [0.717, 1.165) is 6.42 Å². The van der Waals surface area contributed by atoms with Gasteiger partial charge in [0.05, 0.1) is 5.60 Å². The van der Waals surface area contributed by atoms with E-state index in [-0.39, 0.29) is 0 Å². The van der Waals surface area contributed by atoms with E-state index < -0.39 is 13.4 Å². The van der Waals surface area contributed by atoms with Gasteiger partial charge in [-0.05, 0) is 20.3 Å². The second-order valence-electron chi connectivity index (χ2n) is 3.02. The number of phosphoric acid groups is 1. The normalized spacial score (nSPS) is 13.4. The summed E-state index contributed by atoms with van der Waals surface area (Å²) in [4.78, 5) is 0. The topological polar surface area (TPSA) is 44.8 Å². The Morgan fingerprint density at radius 2 is 1.67 bits per heavy atom. The first-order chi connectivity index (χ1) is 5.39. The van der Waals surface area contributed by atoms with Crippen molar-refractivity contribution in [2.45, 2.75) is 32.8 Å². The summed E-state index contributed by atoms with van der Waals surface area (Å²) in [6.07, 6.45) is 0.740. The van der Waals surface area contributed by atoms with Crippen molar-refractivity contribution in [1.29, 1.82) is 0 Å². The molecule has 0 aliphatic heterocycles. The van der Waals surface area contributed by atoms with Crippen molar-refractivity contribution in [2.24, 2.45) is 0 Å². The van der Waals surface area contributed by atoms with Crippen LogP contribution in [-0.2, 0) is 18.1 Å². The highest BCUT2D eigenvalue weighted by Gasteiger charge is 2.31. The molecular weight excluding hydrogens is 179 g/mol. The summed E-state index contributed by atoms with van der Waals surface area (Å²) in [5.41, 5.74) is -0.485. The van der Waals surface area contributed by atoms with Gasteiger partial charge < -0.3 is 0 Å². The molecule has 0 aliphatic carbocycles. The molecule has 0 saturated carbocycles. The van der Waals surface area contributed by atoms with Crippen LogP contribution in [0.2, 0.25) is 0 Å². The van der Waals surface area contributed by atoms with Crippen LogP contribution in [0.25, 0.3) is 0 Å². The van der Waals surface area contributed by atoms with Crippen molar-refractivity contribution in [2.75, 3.05) is 14.2 Å². The molecule has 5 heteroatoms. The summed E-state index contributed by atoms with van der Waals surface area (Å²) >= 11 is 0. The molecular formula is C7H17O4P. The molecule has 0 saturated heterocycles. The highest BCUT2D eigenvalue weighted by Crippen LogP contribution is 2.51. The van der Waals surface area contributed by atoms with Gasteiger partial charge in [-0.25, -0.2) is 4.57 Å². The van der Waals surface area contributed by atoms with Crippen LogP contribution in [0.3, 0.4) is 0 Å². The number of rotatable bonds is 5. The zero-order valence-electron chi connectivity index (χ0n) is 8.29. The van der Waals surface area contributed by atoms with Gasteiger partial charge in [0.1, 0.15) is 0 Å². The fourth-order valence-corrected chi connectivity index (χ4v) is 1.55. The van der Waals surface area contributed by atoms with Crippen LogP contribution in [0.15, 0.2) is 0 Å².